The molecule has 0 saturated heterocycles. The van der Waals surface area contributed by atoms with Gasteiger partial charge in [-0.1, -0.05) is 33.1 Å². The number of rotatable bonds is 6. The molecule has 1 fully saturated rings. The third-order valence-electron chi connectivity index (χ3n) is 3.86. The predicted octanol–water partition coefficient (Wildman–Crippen LogP) is 2.71. The lowest BCUT2D eigenvalue weighted by atomic mass is 9.73. The van der Waals surface area contributed by atoms with Crippen molar-refractivity contribution in [3.8, 4) is 0 Å². The van der Waals surface area contributed by atoms with Crippen LogP contribution in [0.15, 0.2) is 0 Å². The summed E-state index contributed by atoms with van der Waals surface area (Å²) in [5.41, 5.74) is 0.254. The summed E-state index contributed by atoms with van der Waals surface area (Å²) >= 11 is 0. The molecule has 1 aliphatic carbocycles. The first-order valence-corrected chi connectivity index (χ1v) is 6.62. The fraction of sp³-hybridized carbons (Fsp3) is 1.00. The van der Waals surface area contributed by atoms with Crippen molar-refractivity contribution in [1.29, 1.82) is 0 Å². The molecule has 0 aromatic rings. The van der Waals surface area contributed by atoms with E-state index in [4.69, 9.17) is 0 Å². The molecule has 0 aliphatic heterocycles. The number of nitrogens with one attached hydrogen (secondary N) is 1. The molecule has 0 bridgehead atoms. The molecule has 1 rings (SSSR count). The maximum absolute atomic E-state index is 9.20. The molecule has 15 heavy (non-hydrogen) atoms. The summed E-state index contributed by atoms with van der Waals surface area (Å²) in [6.07, 6.45) is 8.65. The minimum absolute atomic E-state index is 0.254. The van der Waals surface area contributed by atoms with Gasteiger partial charge in [-0.2, -0.15) is 0 Å². The molecule has 2 N–H and O–H groups in total. The third-order valence-corrected chi connectivity index (χ3v) is 3.86. The Morgan fingerprint density at radius 1 is 1.40 bits per heavy atom. The van der Waals surface area contributed by atoms with E-state index in [1.165, 1.54) is 38.5 Å². The molecule has 2 heteroatoms. The van der Waals surface area contributed by atoms with E-state index in [1.807, 2.05) is 0 Å². The minimum atomic E-state index is 0.254. The van der Waals surface area contributed by atoms with Crippen molar-refractivity contribution < 1.29 is 5.11 Å². The van der Waals surface area contributed by atoms with Crippen molar-refractivity contribution in [2.45, 2.75) is 64.3 Å². The maximum Gasteiger partial charge on any atom is 0.0448 e. The van der Waals surface area contributed by atoms with E-state index < -0.39 is 0 Å². The Kier molecular flexibility index (Phi) is 5.62. The van der Waals surface area contributed by atoms with Crippen LogP contribution in [0.1, 0.15) is 58.8 Å². The molecular formula is C13H27NO. The zero-order chi connectivity index (χ0) is 11.1. The van der Waals surface area contributed by atoms with Crippen LogP contribution in [0.4, 0.5) is 0 Å². The van der Waals surface area contributed by atoms with Crippen LogP contribution in [0.3, 0.4) is 0 Å². The second-order valence-electron chi connectivity index (χ2n) is 5.05. The normalized spacial score (nSPS) is 31.8. The van der Waals surface area contributed by atoms with Crippen molar-refractivity contribution in [3.05, 3.63) is 0 Å². The molecule has 0 radical (unpaired) electrons. The molecule has 0 aromatic heterocycles. The first-order chi connectivity index (χ1) is 7.26. The average molecular weight is 213 g/mol. The van der Waals surface area contributed by atoms with Gasteiger partial charge in [-0.3, -0.25) is 0 Å². The number of aliphatic hydroxyl groups is 1. The van der Waals surface area contributed by atoms with Gasteiger partial charge in [0.1, 0.15) is 0 Å². The van der Waals surface area contributed by atoms with E-state index in [-0.39, 0.29) is 5.54 Å². The first-order valence-electron chi connectivity index (χ1n) is 6.62. The highest BCUT2D eigenvalue weighted by Crippen LogP contribution is 2.36. The Labute approximate surface area is 94.5 Å². The zero-order valence-electron chi connectivity index (χ0n) is 10.4. The minimum Gasteiger partial charge on any atom is -0.396 e. The molecule has 1 aliphatic rings. The van der Waals surface area contributed by atoms with Gasteiger partial charge in [-0.15, -0.1) is 0 Å². The van der Waals surface area contributed by atoms with Gasteiger partial charge in [0.15, 0.2) is 0 Å². The Bertz CT molecular complexity index is 168. The van der Waals surface area contributed by atoms with Crippen LogP contribution in [0.5, 0.6) is 0 Å². The summed E-state index contributed by atoms with van der Waals surface area (Å²) < 4.78 is 0. The molecule has 1 saturated carbocycles. The number of hydrogen-bond donors (Lipinski definition) is 2. The highest BCUT2D eigenvalue weighted by Gasteiger charge is 2.34. The highest BCUT2D eigenvalue weighted by atomic mass is 16.3. The van der Waals surface area contributed by atoms with E-state index in [1.54, 1.807) is 0 Å². The molecule has 0 spiro atoms. The lowest BCUT2D eigenvalue weighted by molar-refractivity contribution is 0.132. The number of hydrogen-bond acceptors (Lipinski definition) is 2. The second kappa shape index (κ2) is 6.49. The highest BCUT2D eigenvalue weighted by molar-refractivity contribution is 4.93. The van der Waals surface area contributed by atoms with Crippen LogP contribution in [-0.2, 0) is 0 Å². The van der Waals surface area contributed by atoms with Crippen LogP contribution >= 0.6 is 0 Å². The van der Waals surface area contributed by atoms with Crippen LogP contribution in [0, 0.1) is 5.92 Å². The fourth-order valence-corrected chi connectivity index (χ4v) is 2.91. The monoisotopic (exact) mass is 213 g/mol. The SMILES string of the molecule is CCCNC1(CCO)CCCC(CC)C1. The summed E-state index contributed by atoms with van der Waals surface area (Å²) in [6.45, 7) is 5.92. The van der Waals surface area contributed by atoms with E-state index in [9.17, 15) is 5.11 Å². The van der Waals surface area contributed by atoms with Gasteiger partial charge >= 0.3 is 0 Å². The van der Waals surface area contributed by atoms with E-state index in [2.05, 4.69) is 19.2 Å². The summed E-state index contributed by atoms with van der Waals surface area (Å²) in [7, 11) is 0. The predicted molar refractivity (Wildman–Crippen MR) is 65.0 cm³/mol. The average Bonchev–Trinajstić information content (AvgIpc) is 2.27. The van der Waals surface area contributed by atoms with E-state index in [0.717, 1.165) is 18.9 Å². The maximum atomic E-state index is 9.20. The van der Waals surface area contributed by atoms with Gasteiger partial charge in [0.2, 0.25) is 0 Å². The molecule has 2 atom stereocenters. The van der Waals surface area contributed by atoms with Gasteiger partial charge in [-0.05, 0) is 38.1 Å². The van der Waals surface area contributed by atoms with Crippen LogP contribution in [0.2, 0.25) is 0 Å². The van der Waals surface area contributed by atoms with Crippen molar-refractivity contribution >= 4 is 0 Å². The topological polar surface area (TPSA) is 32.3 Å². The van der Waals surface area contributed by atoms with Crippen LogP contribution in [-0.4, -0.2) is 23.8 Å². The quantitative estimate of drug-likeness (QED) is 0.711. The molecule has 0 aromatic carbocycles. The van der Waals surface area contributed by atoms with Crippen molar-refractivity contribution in [2.24, 2.45) is 5.92 Å². The summed E-state index contributed by atoms with van der Waals surface area (Å²) in [4.78, 5) is 0. The Morgan fingerprint density at radius 3 is 2.80 bits per heavy atom. The molecule has 90 valence electrons. The Hall–Kier alpha value is -0.0800. The van der Waals surface area contributed by atoms with Crippen LogP contribution in [0.25, 0.3) is 0 Å². The standard InChI is InChI=1S/C13H27NO/c1-3-9-14-13(8-10-15)7-5-6-12(4-2)11-13/h12,14-15H,3-11H2,1-2H3. The molecule has 2 unspecified atom stereocenters. The molecule has 0 amide bonds. The second-order valence-corrected chi connectivity index (χ2v) is 5.05. The van der Waals surface area contributed by atoms with Gasteiger partial charge in [-0.25, -0.2) is 0 Å². The van der Waals surface area contributed by atoms with Crippen molar-refractivity contribution in [1.82, 2.24) is 5.32 Å². The van der Waals surface area contributed by atoms with Gasteiger partial charge in [0.05, 0.1) is 0 Å². The van der Waals surface area contributed by atoms with Gasteiger partial charge in [0, 0.05) is 12.1 Å². The van der Waals surface area contributed by atoms with Crippen LogP contribution < -0.4 is 5.32 Å². The first kappa shape index (κ1) is 13.0. The summed E-state index contributed by atoms with van der Waals surface area (Å²) in [5, 5.41) is 12.9. The largest absolute Gasteiger partial charge is 0.396 e. The summed E-state index contributed by atoms with van der Waals surface area (Å²) in [6, 6.07) is 0. The van der Waals surface area contributed by atoms with Gasteiger partial charge < -0.3 is 10.4 Å². The molecule has 0 heterocycles. The fourth-order valence-electron chi connectivity index (χ4n) is 2.91. The lowest BCUT2D eigenvalue weighted by Gasteiger charge is -2.41. The lowest BCUT2D eigenvalue weighted by Crippen LogP contribution is -2.49. The summed E-state index contributed by atoms with van der Waals surface area (Å²) in [5.74, 6) is 0.870. The third kappa shape index (κ3) is 3.76. The Morgan fingerprint density at radius 2 is 2.20 bits per heavy atom. The Balaban J connectivity index is 2.53. The number of aliphatic hydroxyl groups excluding tert-OH is 1. The smallest absolute Gasteiger partial charge is 0.0448 e. The van der Waals surface area contributed by atoms with Crippen molar-refractivity contribution in [2.75, 3.05) is 13.2 Å². The molecule has 2 nitrogen and oxygen atoms in total. The van der Waals surface area contributed by atoms with E-state index in [0.29, 0.717) is 6.61 Å². The van der Waals surface area contributed by atoms with Gasteiger partial charge in [0.25, 0.3) is 0 Å². The van der Waals surface area contributed by atoms with Crippen molar-refractivity contribution in [3.63, 3.8) is 0 Å². The van der Waals surface area contributed by atoms with E-state index >= 15 is 0 Å². The zero-order valence-corrected chi connectivity index (χ0v) is 10.4. The molecular weight excluding hydrogens is 186 g/mol.